The molecule has 0 aliphatic carbocycles. The minimum Gasteiger partial charge on any atom is -0.465 e. The molecule has 0 atom stereocenters. The van der Waals surface area contributed by atoms with Crippen LogP contribution in [0.25, 0.3) is 11.3 Å². The van der Waals surface area contributed by atoms with E-state index in [0.29, 0.717) is 78.5 Å². The first-order chi connectivity index (χ1) is 20.2. The summed E-state index contributed by atoms with van der Waals surface area (Å²) in [4.78, 5) is 33.0. The van der Waals surface area contributed by atoms with Crippen LogP contribution in [0.5, 0.6) is 11.8 Å². The van der Waals surface area contributed by atoms with Crippen molar-refractivity contribution in [3.8, 4) is 23.0 Å². The highest BCUT2D eigenvalue weighted by Crippen LogP contribution is 2.30. The van der Waals surface area contributed by atoms with Crippen LogP contribution in [0.1, 0.15) is 25.3 Å². The highest BCUT2D eigenvalue weighted by Gasteiger charge is 2.22. The quantitative estimate of drug-likeness (QED) is 0.369. The zero-order chi connectivity index (χ0) is 29.6. The number of carbonyl (C=O) groups is 2. The molecule has 13 heteroatoms. The second-order valence-corrected chi connectivity index (χ2v) is 11.5. The Labute approximate surface area is 254 Å². The zero-order valence-electron chi connectivity index (χ0n) is 23.3. The number of aromatic nitrogens is 3. The third kappa shape index (κ3) is 7.99. The van der Waals surface area contributed by atoms with Crippen molar-refractivity contribution in [2.45, 2.75) is 26.3 Å². The van der Waals surface area contributed by atoms with E-state index in [-0.39, 0.29) is 5.91 Å². The number of hydrogen-bond donors (Lipinski definition) is 2. The maximum absolute atomic E-state index is 11.3. The van der Waals surface area contributed by atoms with E-state index in [0.717, 1.165) is 37.1 Å². The molecule has 0 saturated carbocycles. The van der Waals surface area contributed by atoms with Crippen molar-refractivity contribution in [3.63, 3.8) is 0 Å². The highest BCUT2D eigenvalue weighted by atomic mass is 35.5. The lowest BCUT2D eigenvalue weighted by atomic mass is 9.96. The van der Waals surface area contributed by atoms with Crippen LogP contribution in [0.2, 0.25) is 10.0 Å². The van der Waals surface area contributed by atoms with Gasteiger partial charge in [-0.1, -0.05) is 23.2 Å². The Morgan fingerprint density at radius 1 is 0.952 bits per heavy atom. The maximum Gasteiger partial charge on any atom is 0.407 e. The molecule has 0 spiro atoms. The molecule has 2 fully saturated rings. The number of piperazine rings is 1. The lowest BCUT2D eigenvalue weighted by Crippen LogP contribution is -2.48. The van der Waals surface area contributed by atoms with E-state index in [4.69, 9.17) is 32.9 Å². The lowest BCUT2D eigenvalue weighted by Gasteiger charge is -2.33. The fraction of sp³-hybridized carbons (Fsp3) is 0.414. The molecule has 222 valence electrons. The Morgan fingerprint density at radius 2 is 1.67 bits per heavy atom. The number of carboxylic acid groups (broad SMARTS) is 1. The van der Waals surface area contributed by atoms with Crippen LogP contribution in [0, 0.1) is 5.92 Å². The number of piperidine rings is 1. The van der Waals surface area contributed by atoms with Crippen molar-refractivity contribution in [3.05, 3.63) is 58.1 Å². The van der Waals surface area contributed by atoms with Gasteiger partial charge < -0.3 is 25.0 Å². The van der Waals surface area contributed by atoms with E-state index in [2.05, 4.69) is 20.4 Å². The SMILES string of the molecule is CC(=O)NCC1CCN(Cc2cc(Oc3ccc(N4CCN(C(=O)O)CC4)nn3)nc(-c3cc(Cl)cc(Cl)c3)c2)CC1. The fourth-order valence-electron chi connectivity index (χ4n) is 5.22. The van der Waals surface area contributed by atoms with E-state index < -0.39 is 6.09 Å². The minimum absolute atomic E-state index is 0.00768. The average Bonchev–Trinajstić information content (AvgIpc) is 2.96. The Kier molecular flexibility index (Phi) is 9.61. The molecule has 11 nitrogen and oxygen atoms in total. The first-order valence-electron chi connectivity index (χ1n) is 13.9. The number of anilines is 1. The normalized spacial score (nSPS) is 16.4. The van der Waals surface area contributed by atoms with Crippen LogP contribution in [0.4, 0.5) is 10.6 Å². The number of pyridine rings is 1. The molecule has 3 aromatic rings. The molecule has 2 amide bonds. The molecule has 1 aromatic carbocycles. The number of halogens is 2. The van der Waals surface area contributed by atoms with Gasteiger partial charge in [-0.15, -0.1) is 10.2 Å². The number of carbonyl (C=O) groups excluding carboxylic acids is 1. The minimum atomic E-state index is -0.912. The monoisotopic (exact) mass is 613 g/mol. The molecule has 2 aliphatic rings. The second-order valence-electron chi connectivity index (χ2n) is 10.6. The van der Waals surface area contributed by atoms with Crippen LogP contribution in [-0.4, -0.2) is 87.9 Å². The molecule has 2 saturated heterocycles. The number of nitrogens with zero attached hydrogens (tertiary/aromatic N) is 6. The van der Waals surface area contributed by atoms with Gasteiger partial charge in [0.05, 0.1) is 5.69 Å². The predicted octanol–water partition coefficient (Wildman–Crippen LogP) is 4.79. The second kappa shape index (κ2) is 13.5. The summed E-state index contributed by atoms with van der Waals surface area (Å²) in [5, 5.41) is 21.7. The third-order valence-electron chi connectivity index (χ3n) is 7.48. The molecular formula is C29H33Cl2N7O4. The lowest BCUT2D eigenvalue weighted by molar-refractivity contribution is -0.119. The van der Waals surface area contributed by atoms with E-state index in [9.17, 15) is 14.7 Å². The van der Waals surface area contributed by atoms with Crippen molar-refractivity contribution in [1.82, 2.24) is 30.3 Å². The van der Waals surface area contributed by atoms with Gasteiger partial charge in [0, 0.05) is 73.9 Å². The molecule has 4 heterocycles. The summed E-state index contributed by atoms with van der Waals surface area (Å²) in [6.45, 7) is 6.73. The Morgan fingerprint density at radius 3 is 2.29 bits per heavy atom. The van der Waals surface area contributed by atoms with Gasteiger partial charge in [0.1, 0.15) is 0 Å². The zero-order valence-corrected chi connectivity index (χ0v) is 24.8. The number of hydrogen-bond acceptors (Lipinski definition) is 8. The standard InChI is InChI=1S/C29H33Cl2N7O4/c1-19(39)32-17-20-4-6-36(7-5-20)18-21-12-25(22-14-23(30)16-24(31)15-22)33-28(13-21)42-27-3-2-26(34-35-27)37-8-10-38(11-9-37)29(40)41/h2-3,12-16,20H,4-11,17-18H2,1H3,(H,32,39)(H,40,41). The molecule has 2 aromatic heterocycles. The number of amides is 2. The van der Waals surface area contributed by atoms with Crippen molar-refractivity contribution < 1.29 is 19.4 Å². The highest BCUT2D eigenvalue weighted by molar-refractivity contribution is 6.35. The van der Waals surface area contributed by atoms with Crippen molar-refractivity contribution in [1.29, 1.82) is 0 Å². The van der Waals surface area contributed by atoms with E-state index in [1.165, 1.54) is 4.90 Å². The molecule has 0 bridgehead atoms. The molecule has 0 radical (unpaired) electrons. The largest absolute Gasteiger partial charge is 0.465 e. The number of rotatable bonds is 8. The van der Waals surface area contributed by atoms with Crippen LogP contribution in [-0.2, 0) is 11.3 Å². The summed E-state index contributed by atoms with van der Waals surface area (Å²) in [5.41, 5.74) is 2.47. The average molecular weight is 615 g/mol. The Hall–Kier alpha value is -3.67. The summed E-state index contributed by atoms with van der Waals surface area (Å²) in [6, 6.07) is 12.8. The van der Waals surface area contributed by atoms with Gasteiger partial charge in [-0.3, -0.25) is 9.69 Å². The smallest absolute Gasteiger partial charge is 0.407 e. The van der Waals surface area contributed by atoms with Crippen LogP contribution in [0.3, 0.4) is 0 Å². The Balaban J connectivity index is 1.31. The topological polar surface area (TPSA) is 124 Å². The predicted molar refractivity (Wildman–Crippen MR) is 160 cm³/mol. The van der Waals surface area contributed by atoms with Crippen molar-refractivity contribution >= 4 is 41.0 Å². The van der Waals surface area contributed by atoms with Gasteiger partial charge in [0.25, 0.3) is 0 Å². The summed E-state index contributed by atoms with van der Waals surface area (Å²) >= 11 is 12.6. The van der Waals surface area contributed by atoms with Crippen LogP contribution >= 0.6 is 23.2 Å². The van der Waals surface area contributed by atoms with E-state index in [1.807, 2.05) is 35.2 Å². The van der Waals surface area contributed by atoms with Crippen molar-refractivity contribution in [2.24, 2.45) is 5.92 Å². The summed E-state index contributed by atoms with van der Waals surface area (Å²) in [6.07, 6.45) is 1.11. The van der Waals surface area contributed by atoms with E-state index >= 15 is 0 Å². The third-order valence-corrected chi connectivity index (χ3v) is 7.92. The van der Waals surface area contributed by atoms with Gasteiger partial charge in [-0.25, -0.2) is 9.78 Å². The van der Waals surface area contributed by atoms with Gasteiger partial charge in [-0.05, 0) is 67.7 Å². The number of ether oxygens (including phenoxy) is 1. The summed E-state index contributed by atoms with van der Waals surface area (Å²) in [7, 11) is 0. The molecule has 2 aliphatic heterocycles. The Bertz CT molecular complexity index is 1390. The fourth-order valence-corrected chi connectivity index (χ4v) is 5.74. The molecular weight excluding hydrogens is 581 g/mol. The van der Waals surface area contributed by atoms with Gasteiger partial charge in [0.15, 0.2) is 5.82 Å². The first-order valence-corrected chi connectivity index (χ1v) is 14.7. The summed E-state index contributed by atoms with van der Waals surface area (Å²) in [5.74, 6) is 1.81. The summed E-state index contributed by atoms with van der Waals surface area (Å²) < 4.78 is 6.08. The van der Waals surface area contributed by atoms with Gasteiger partial charge in [-0.2, -0.15) is 0 Å². The van der Waals surface area contributed by atoms with Crippen molar-refractivity contribution in [2.75, 3.05) is 50.7 Å². The molecule has 5 rings (SSSR count). The van der Waals surface area contributed by atoms with Crippen LogP contribution in [0.15, 0.2) is 42.5 Å². The molecule has 0 unspecified atom stereocenters. The number of nitrogens with one attached hydrogen (secondary N) is 1. The van der Waals surface area contributed by atoms with Gasteiger partial charge in [0.2, 0.25) is 17.7 Å². The molecule has 42 heavy (non-hydrogen) atoms. The van der Waals surface area contributed by atoms with Gasteiger partial charge >= 0.3 is 6.09 Å². The van der Waals surface area contributed by atoms with Crippen LogP contribution < -0.4 is 15.0 Å². The number of likely N-dealkylation sites (tertiary alicyclic amines) is 1. The molecule has 2 N–H and O–H groups in total. The maximum atomic E-state index is 11.3. The van der Waals surface area contributed by atoms with E-state index in [1.54, 1.807) is 19.1 Å². The first kappa shape index (κ1) is 29.8. The number of benzene rings is 1.